The highest BCUT2D eigenvalue weighted by Crippen LogP contribution is 2.16. The van der Waals surface area contributed by atoms with Crippen molar-refractivity contribution in [3.63, 3.8) is 0 Å². The molecule has 0 aliphatic rings. The Morgan fingerprint density at radius 2 is 2.19 bits per heavy atom. The molecule has 0 aliphatic heterocycles. The van der Waals surface area contributed by atoms with Gasteiger partial charge >= 0.3 is 0 Å². The van der Waals surface area contributed by atoms with E-state index in [2.05, 4.69) is 20.4 Å². The zero-order chi connectivity index (χ0) is 15.4. The molecule has 1 N–H and O–H groups in total. The fourth-order valence-electron chi connectivity index (χ4n) is 2.17. The predicted molar refractivity (Wildman–Crippen MR) is 76.8 cm³/mol. The Hall–Kier alpha value is -2.18. The lowest BCUT2D eigenvalue weighted by molar-refractivity contribution is 0.0902. The minimum Gasteiger partial charge on any atom is -0.435 e. The summed E-state index contributed by atoms with van der Waals surface area (Å²) in [6, 6.07) is -0.200. The third-order valence-corrected chi connectivity index (χ3v) is 3.32. The molecule has 0 saturated carbocycles. The van der Waals surface area contributed by atoms with Gasteiger partial charge in [0.2, 0.25) is 5.76 Å². The zero-order valence-electron chi connectivity index (χ0n) is 12.9. The highest BCUT2D eigenvalue weighted by molar-refractivity contribution is 5.92. The standard InChI is InChI=1S/C14H21N5O2/c1-5-10(13-15-8-16-19(13)7-3)18-14(20)12-9(4)17-11(6-2)21-12/h8,10H,5-7H2,1-4H3,(H,18,20). The molecule has 0 aromatic carbocycles. The molecule has 7 nitrogen and oxygen atoms in total. The molecule has 0 radical (unpaired) electrons. The average Bonchev–Trinajstić information content (AvgIpc) is 3.10. The molecule has 2 aromatic heterocycles. The summed E-state index contributed by atoms with van der Waals surface area (Å²) in [7, 11) is 0. The Labute approximate surface area is 123 Å². The lowest BCUT2D eigenvalue weighted by atomic mass is 10.2. The summed E-state index contributed by atoms with van der Waals surface area (Å²) in [5.41, 5.74) is 0.608. The summed E-state index contributed by atoms with van der Waals surface area (Å²) in [5, 5.41) is 7.08. The molecule has 2 heterocycles. The molecule has 114 valence electrons. The first-order chi connectivity index (χ1) is 10.1. The van der Waals surface area contributed by atoms with E-state index >= 15 is 0 Å². The minimum atomic E-state index is -0.266. The summed E-state index contributed by atoms with van der Waals surface area (Å²) in [5.74, 6) is 1.33. The van der Waals surface area contributed by atoms with Crippen LogP contribution >= 0.6 is 0 Å². The van der Waals surface area contributed by atoms with E-state index in [0.29, 0.717) is 24.6 Å². The minimum absolute atomic E-state index is 0.200. The number of carbonyl (C=O) groups is 1. The van der Waals surface area contributed by atoms with E-state index in [1.807, 2.05) is 20.8 Å². The van der Waals surface area contributed by atoms with Crippen molar-refractivity contribution in [2.45, 2.75) is 53.1 Å². The Morgan fingerprint density at radius 1 is 1.43 bits per heavy atom. The van der Waals surface area contributed by atoms with E-state index in [0.717, 1.165) is 12.2 Å². The van der Waals surface area contributed by atoms with E-state index in [9.17, 15) is 4.79 Å². The molecule has 0 aliphatic carbocycles. The summed E-state index contributed by atoms with van der Waals surface area (Å²) in [4.78, 5) is 20.8. The van der Waals surface area contributed by atoms with Gasteiger partial charge in [0.05, 0.1) is 11.7 Å². The van der Waals surface area contributed by atoms with Crippen molar-refractivity contribution in [1.82, 2.24) is 25.1 Å². The Bertz CT molecular complexity index is 617. The summed E-state index contributed by atoms with van der Waals surface area (Å²) in [6.45, 7) is 8.40. The highest BCUT2D eigenvalue weighted by atomic mass is 16.4. The third-order valence-electron chi connectivity index (χ3n) is 3.32. The van der Waals surface area contributed by atoms with Gasteiger partial charge in [0.25, 0.3) is 5.91 Å². The third kappa shape index (κ3) is 3.12. The SMILES string of the molecule is CCc1nc(C)c(C(=O)NC(CC)c2ncnn2CC)o1. The maximum atomic E-state index is 12.4. The second-order valence-corrected chi connectivity index (χ2v) is 4.74. The van der Waals surface area contributed by atoms with Crippen LogP contribution in [-0.2, 0) is 13.0 Å². The van der Waals surface area contributed by atoms with E-state index in [-0.39, 0.29) is 17.7 Å². The lowest BCUT2D eigenvalue weighted by Gasteiger charge is -2.16. The molecule has 7 heteroatoms. The summed E-state index contributed by atoms with van der Waals surface area (Å²) >= 11 is 0. The Kier molecular flexibility index (Phi) is 4.72. The maximum absolute atomic E-state index is 12.4. The monoisotopic (exact) mass is 291 g/mol. The first-order valence-electron chi connectivity index (χ1n) is 7.25. The van der Waals surface area contributed by atoms with Crippen LogP contribution in [0.4, 0.5) is 0 Å². The molecular weight excluding hydrogens is 270 g/mol. The quantitative estimate of drug-likeness (QED) is 0.880. The van der Waals surface area contributed by atoms with Gasteiger partial charge in [-0.15, -0.1) is 0 Å². The van der Waals surface area contributed by atoms with Gasteiger partial charge in [0.1, 0.15) is 12.2 Å². The number of nitrogens with zero attached hydrogens (tertiary/aromatic N) is 4. The topological polar surface area (TPSA) is 85.8 Å². The largest absolute Gasteiger partial charge is 0.435 e. The van der Waals surface area contributed by atoms with E-state index in [4.69, 9.17) is 4.42 Å². The predicted octanol–water partition coefficient (Wildman–Crippen LogP) is 2.04. The van der Waals surface area contributed by atoms with E-state index < -0.39 is 0 Å². The van der Waals surface area contributed by atoms with Crippen molar-refractivity contribution in [3.05, 3.63) is 29.5 Å². The number of amides is 1. The number of hydrogen-bond donors (Lipinski definition) is 1. The van der Waals surface area contributed by atoms with Gasteiger partial charge in [-0.05, 0) is 20.3 Å². The van der Waals surface area contributed by atoms with Crippen molar-refractivity contribution in [2.24, 2.45) is 0 Å². The van der Waals surface area contributed by atoms with Crippen LogP contribution in [0.25, 0.3) is 0 Å². The zero-order valence-corrected chi connectivity index (χ0v) is 12.9. The molecule has 1 unspecified atom stereocenters. The lowest BCUT2D eigenvalue weighted by Crippen LogP contribution is -2.30. The number of hydrogen-bond acceptors (Lipinski definition) is 5. The van der Waals surface area contributed by atoms with Crippen LogP contribution in [0.5, 0.6) is 0 Å². The number of carbonyl (C=O) groups excluding carboxylic acids is 1. The first kappa shape index (κ1) is 15.2. The van der Waals surface area contributed by atoms with Crippen molar-refractivity contribution in [1.29, 1.82) is 0 Å². The Morgan fingerprint density at radius 3 is 2.76 bits per heavy atom. The van der Waals surface area contributed by atoms with Crippen molar-refractivity contribution in [2.75, 3.05) is 0 Å². The molecule has 21 heavy (non-hydrogen) atoms. The number of nitrogens with one attached hydrogen (secondary N) is 1. The molecular formula is C14H21N5O2. The fourth-order valence-corrected chi connectivity index (χ4v) is 2.17. The first-order valence-corrected chi connectivity index (χ1v) is 7.25. The number of aryl methyl sites for hydroxylation is 3. The second kappa shape index (κ2) is 6.51. The van der Waals surface area contributed by atoms with E-state index in [1.54, 1.807) is 11.6 Å². The van der Waals surface area contributed by atoms with Gasteiger partial charge in [-0.25, -0.2) is 14.6 Å². The fraction of sp³-hybridized carbons (Fsp3) is 0.571. The number of aromatic nitrogens is 4. The van der Waals surface area contributed by atoms with E-state index in [1.165, 1.54) is 6.33 Å². The molecule has 1 atom stereocenters. The molecule has 0 fully saturated rings. The smallest absolute Gasteiger partial charge is 0.289 e. The molecule has 0 saturated heterocycles. The van der Waals surface area contributed by atoms with Crippen molar-refractivity contribution < 1.29 is 9.21 Å². The van der Waals surface area contributed by atoms with Crippen LogP contribution in [0, 0.1) is 6.92 Å². The Balaban J connectivity index is 2.18. The second-order valence-electron chi connectivity index (χ2n) is 4.74. The van der Waals surface area contributed by atoms with Crippen LogP contribution in [0.15, 0.2) is 10.7 Å². The van der Waals surface area contributed by atoms with Gasteiger partial charge < -0.3 is 9.73 Å². The average molecular weight is 291 g/mol. The van der Waals surface area contributed by atoms with Crippen LogP contribution in [0.1, 0.15) is 61.2 Å². The maximum Gasteiger partial charge on any atom is 0.289 e. The normalized spacial score (nSPS) is 12.4. The van der Waals surface area contributed by atoms with Gasteiger partial charge in [0, 0.05) is 13.0 Å². The van der Waals surface area contributed by atoms with Crippen molar-refractivity contribution >= 4 is 5.91 Å². The van der Waals surface area contributed by atoms with Gasteiger partial charge in [0.15, 0.2) is 5.89 Å². The molecule has 1 amide bonds. The summed E-state index contributed by atoms with van der Waals surface area (Å²) < 4.78 is 7.26. The van der Waals surface area contributed by atoms with Gasteiger partial charge in [-0.1, -0.05) is 13.8 Å². The van der Waals surface area contributed by atoms with Crippen LogP contribution in [0.3, 0.4) is 0 Å². The highest BCUT2D eigenvalue weighted by Gasteiger charge is 2.23. The molecule has 0 spiro atoms. The molecule has 0 bridgehead atoms. The summed E-state index contributed by atoms with van der Waals surface area (Å²) in [6.07, 6.45) is 2.89. The molecule has 2 rings (SSSR count). The van der Waals surface area contributed by atoms with Crippen LogP contribution in [-0.4, -0.2) is 25.7 Å². The van der Waals surface area contributed by atoms with Crippen LogP contribution < -0.4 is 5.32 Å². The number of oxazole rings is 1. The van der Waals surface area contributed by atoms with Crippen LogP contribution in [0.2, 0.25) is 0 Å². The van der Waals surface area contributed by atoms with Gasteiger partial charge in [-0.3, -0.25) is 4.79 Å². The van der Waals surface area contributed by atoms with Gasteiger partial charge in [-0.2, -0.15) is 5.10 Å². The number of rotatable bonds is 6. The van der Waals surface area contributed by atoms with Crippen molar-refractivity contribution in [3.8, 4) is 0 Å². The molecule has 2 aromatic rings.